The number of aromatic nitrogens is 5. The number of nitrogens with zero attached hydrogens (tertiary/aromatic N) is 5. The molecule has 0 spiro atoms. The first-order valence-electron chi connectivity index (χ1n) is 10.9. The lowest BCUT2D eigenvalue weighted by atomic mass is 9.96. The quantitative estimate of drug-likeness (QED) is 0.700. The molecule has 2 fully saturated rings. The smallest absolute Gasteiger partial charge is 0.225 e. The van der Waals surface area contributed by atoms with Gasteiger partial charge in [-0.05, 0) is 25.8 Å². The van der Waals surface area contributed by atoms with Crippen molar-refractivity contribution in [1.82, 2.24) is 29.9 Å². The summed E-state index contributed by atoms with van der Waals surface area (Å²) in [5, 5.41) is 13.0. The summed E-state index contributed by atoms with van der Waals surface area (Å²) in [4.78, 5) is 16.4. The Morgan fingerprint density at radius 3 is 2.83 bits per heavy atom. The fourth-order valence-electron chi connectivity index (χ4n) is 4.59. The molecule has 3 aromatic heterocycles. The minimum Gasteiger partial charge on any atom is -0.474 e. The van der Waals surface area contributed by atoms with Crippen molar-refractivity contribution >= 4 is 16.8 Å². The third-order valence-corrected chi connectivity index (χ3v) is 6.40. The lowest BCUT2D eigenvalue weighted by Gasteiger charge is -2.21. The molecular weight excluding hydrogens is 380 g/mol. The Balaban J connectivity index is 1.46. The molecular formula is C22H28N6O2. The Kier molecular flexibility index (Phi) is 4.92. The van der Waals surface area contributed by atoms with Gasteiger partial charge in [-0.15, -0.1) is 0 Å². The van der Waals surface area contributed by atoms with Crippen molar-refractivity contribution in [3.63, 3.8) is 0 Å². The Hall–Kier alpha value is -2.90. The first kappa shape index (κ1) is 19.1. The molecule has 8 nitrogen and oxygen atoms in total. The van der Waals surface area contributed by atoms with E-state index in [4.69, 9.17) is 9.72 Å². The molecule has 1 amide bonds. The number of fused-ring (bicyclic) bond motifs is 1. The molecule has 0 aromatic carbocycles. The lowest BCUT2D eigenvalue weighted by Crippen LogP contribution is -2.26. The van der Waals surface area contributed by atoms with Gasteiger partial charge in [0.25, 0.3) is 0 Å². The first-order chi connectivity index (χ1) is 14.6. The van der Waals surface area contributed by atoms with Gasteiger partial charge in [0, 0.05) is 43.9 Å². The van der Waals surface area contributed by atoms with E-state index in [-0.39, 0.29) is 17.9 Å². The molecule has 1 unspecified atom stereocenters. The highest BCUT2D eigenvalue weighted by Gasteiger charge is 2.29. The molecule has 0 radical (unpaired) electrons. The van der Waals surface area contributed by atoms with Crippen molar-refractivity contribution in [3.05, 3.63) is 24.7 Å². The van der Waals surface area contributed by atoms with E-state index < -0.39 is 0 Å². The predicted molar refractivity (Wildman–Crippen MR) is 113 cm³/mol. The maximum Gasteiger partial charge on any atom is 0.225 e. The molecule has 2 aliphatic rings. The predicted octanol–water partition coefficient (Wildman–Crippen LogP) is 3.24. The van der Waals surface area contributed by atoms with Gasteiger partial charge in [0.05, 0.1) is 28.8 Å². The molecule has 5 rings (SSSR count). The van der Waals surface area contributed by atoms with Gasteiger partial charge < -0.3 is 10.1 Å². The molecule has 1 aliphatic carbocycles. The van der Waals surface area contributed by atoms with Crippen LogP contribution in [0, 0.1) is 5.92 Å². The van der Waals surface area contributed by atoms with Crippen LogP contribution in [0.4, 0.5) is 0 Å². The Bertz CT molecular complexity index is 1060. The van der Waals surface area contributed by atoms with Gasteiger partial charge in [-0.25, -0.2) is 4.98 Å². The topological polar surface area (TPSA) is 86.9 Å². The average molecular weight is 409 g/mol. The molecule has 1 saturated carbocycles. The zero-order valence-corrected chi connectivity index (χ0v) is 17.5. The van der Waals surface area contributed by atoms with Crippen LogP contribution in [0.5, 0.6) is 5.88 Å². The third-order valence-electron chi connectivity index (χ3n) is 6.40. The van der Waals surface area contributed by atoms with Crippen LogP contribution in [0.3, 0.4) is 0 Å². The first-order valence-corrected chi connectivity index (χ1v) is 10.9. The summed E-state index contributed by atoms with van der Waals surface area (Å²) in [5.41, 5.74) is 2.63. The maximum atomic E-state index is 11.6. The maximum absolute atomic E-state index is 11.6. The van der Waals surface area contributed by atoms with E-state index in [9.17, 15) is 4.79 Å². The average Bonchev–Trinajstić information content (AvgIpc) is 3.47. The molecule has 4 heterocycles. The van der Waals surface area contributed by atoms with Crippen molar-refractivity contribution in [2.24, 2.45) is 13.0 Å². The van der Waals surface area contributed by atoms with E-state index in [0.717, 1.165) is 22.2 Å². The van der Waals surface area contributed by atoms with E-state index in [0.29, 0.717) is 24.9 Å². The molecule has 1 aliphatic heterocycles. The molecule has 2 atom stereocenters. The Labute approximate surface area is 175 Å². The summed E-state index contributed by atoms with van der Waals surface area (Å²) in [6.45, 7) is 2.65. The second-order valence-corrected chi connectivity index (χ2v) is 8.64. The van der Waals surface area contributed by atoms with Crippen LogP contribution in [0.15, 0.2) is 24.7 Å². The minimum atomic E-state index is -0.125. The van der Waals surface area contributed by atoms with Crippen LogP contribution in [0.2, 0.25) is 0 Å². The summed E-state index contributed by atoms with van der Waals surface area (Å²) in [5.74, 6) is 0.787. The van der Waals surface area contributed by atoms with Gasteiger partial charge in [0.15, 0.2) is 0 Å². The zero-order chi connectivity index (χ0) is 20.7. The molecule has 1 saturated heterocycles. The highest BCUT2D eigenvalue weighted by molar-refractivity contribution is 5.86. The number of hydrogen-bond acceptors (Lipinski definition) is 5. The summed E-state index contributed by atoms with van der Waals surface area (Å²) >= 11 is 0. The normalized spacial score (nSPS) is 21.1. The summed E-state index contributed by atoms with van der Waals surface area (Å²) in [7, 11) is 1.90. The fourth-order valence-corrected chi connectivity index (χ4v) is 4.59. The van der Waals surface area contributed by atoms with E-state index in [1.54, 1.807) is 4.68 Å². The van der Waals surface area contributed by atoms with Crippen molar-refractivity contribution in [3.8, 4) is 17.1 Å². The number of rotatable bonds is 5. The van der Waals surface area contributed by atoms with Gasteiger partial charge in [-0.3, -0.25) is 14.2 Å². The van der Waals surface area contributed by atoms with Crippen molar-refractivity contribution < 1.29 is 9.53 Å². The monoisotopic (exact) mass is 408 g/mol. The molecule has 158 valence electrons. The van der Waals surface area contributed by atoms with Crippen LogP contribution in [0.25, 0.3) is 22.2 Å². The second kappa shape index (κ2) is 7.74. The third kappa shape index (κ3) is 3.66. The second-order valence-electron chi connectivity index (χ2n) is 8.64. The number of pyridine rings is 1. The minimum absolute atomic E-state index is 0.0822. The molecule has 1 N–H and O–H groups in total. The standard InChI is InChI=1S/C22H28N6O2/c1-14(15-8-21(29)23-10-15)30-22-18-13-27(2)26-20(18)9-19(25-22)16-11-24-28(12-16)17-6-4-3-5-7-17/h9,11-15,17H,3-8,10H2,1-2H3,(H,23,29)/t14?,15-/m1/s1. The van der Waals surface area contributed by atoms with E-state index >= 15 is 0 Å². The van der Waals surface area contributed by atoms with Crippen LogP contribution in [0.1, 0.15) is 51.5 Å². The van der Waals surface area contributed by atoms with E-state index in [2.05, 4.69) is 26.4 Å². The number of aryl methyl sites for hydroxylation is 1. The van der Waals surface area contributed by atoms with E-state index in [1.165, 1.54) is 32.1 Å². The van der Waals surface area contributed by atoms with Gasteiger partial charge in [0.2, 0.25) is 11.8 Å². The summed E-state index contributed by atoms with van der Waals surface area (Å²) in [6, 6.07) is 2.48. The summed E-state index contributed by atoms with van der Waals surface area (Å²) in [6.07, 6.45) is 12.5. The fraction of sp³-hybridized carbons (Fsp3) is 0.545. The number of carbonyl (C=O) groups excluding carboxylic acids is 1. The van der Waals surface area contributed by atoms with Crippen molar-refractivity contribution in [2.45, 2.75) is 57.6 Å². The van der Waals surface area contributed by atoms with Gasteiger partial charge in [-0.2, -0.15) is 10.2 Å². The Morgan fingerprint density at radius 2 is 2.07 bits per heavy atom. The van der Waals surface area contributed by atoms with Gasteiger partial charge >= 0.3 is 0 Å². The van der Waals surface area contributed by atoms with Gasteiger partial charge in [0.1, 0.15) is 6.10 Å². The van der Waals surface area contributed by atoms with Crippen LogP contribution in [-0.2, 0) is 11.8 Å². The van der Waals surface area contributed by atoms with Crippen molar-refractivity contribution in [1.29, 1.82) is 0 Å². The Morgan fingerprint density at radius 1 is 1.23 bits per heavy atom. The molecule has 8 heteroatoms. The largest absolute Gasteiger partial charge is 0.474 e. The van der Waals surface area contributed by atoms with Crippen LogP contribution in [-0.4, -0.2) is 43.1 Å². The molecule has 0 bridgehead atoms. The highest BCUT2D eigenvalue weighted by atomic mass is 16.5. The number of hydrogen-bond donors (Lipinski definition) is 1. The van der Waals surface area contributed by atoms with E-state index in [1.807, 2.05) is 32.4 Å². The van der Waals surface area contributed by atoms with Crippen LogP contribution < -0.4 is 10.1 Å². The van der Waals surface area contributed by atoms with Crippen LogP contribution >= 0.6 is 0 Å². The highest BCUT2D eigenvalue weighted by Crippen LogP contribution is 2.32. The number of amides is 1. The zero-order valence-electron chi connectivity index (χ0n) is 17.5. The lowest BCUT2D eigenvalue weighted by molar-refractivity contribution is -0.119. The summed E-state index contributed by atoms with van der Waals surface area (Å²) < 4.78 is 10.1. The number of carbonyl (C=O) groups is 1. The SMILES string of the molecule is CC(Oc1nc(-c2cnn(C3CCCCC3)c2)cc2nn(C)cc12)[C@H]1CNC(=O)C1. The number of ether oxygens (including phenoxy) is 1. The van der Waals surface area contributed by atoms with Gasteiger partial charge in [-0.1, -0.05) is 19.3 Å². The van der Waals surface area contributed by atoms with Crippen molar-refractivity contribution in [2.75, 3.05) is 6.54 Å². The number of nitrogens with one attached hydrogen (secondary N) is 1. The molecule has 30 heavy (non-hydrogen) atoms. The molecule has 3 aromatic rings.